The molecule has 3 aromatic carbocycles. The lowest BCUT2D eigenvalue weighted by atomic mass is 9.89. The summed E-state index contributed by atoms with van der Waals surface area (Å²) in [7, 11) is 0. The first kappa shape index (κ1) is 50.0. The quantitative estimate of drug-likeness (QED) is 0.122. The highest BCUT2D eigenvalue weighted by Crippen LogP contribution is 2.26. The van der Waals surface area contributed by atoms with Crippen molar-refractivity contribution in [1.29, 1.82) is 0 Å². The Bertz CT molecular complexity index is 1460. The molecule has 10 nitrogen and oxygen atoms in total. The molecule has 2 fully saturated rings. The summed E-state index contributed by atoms with van der Waals surface area (Å²) >= 11 is 0. The van der Waals surface area contributed by atoms with Crippen LogP contribution in [0, 0.1) is 11.8 Å². The fraction of sp³-hybridized carbons (Fsp3) is 0.489. The van der Waals surface area contributed by atoms with Crippen LogP contribution in [0.3, 0.4) is 0 Å². The zero-order valence-corrected chi connectivity index (χ0v) is 29.2. The van der Waals surface area contributed by atoms with Gasteiger partial charge in [-0.15, -0.1) is 0 Å². The van der Waals surface area contributed by atoms with Crippen LogP contribution in [-0.2, 0) is 33.3 Å². The molecule has 3 aromatic rings. The van der Waals surface area contributed by atoms with Gasteiger partial charge in [0.05, 0.1) is 28.5 Å². The number of rotatable bonds is 13. The maximum atomic E-state index is 12.5. The molecule has 2 aliphatic carbocycles. The number of ether oxygens (including phenoxy) is 5. The molecule has 0 amide bonds. The molecule has 0 aromatic heterocycles. The van der Waals surface area contributed by atoms with Crippen molar-refractivity contribution >= 4 is 29.8 Å². The van der Waals surface area contributed by atoms with E-state index in [1.807, 2.05) is 6.07 Å². The monoisotopic (exact) mass is 764 g/mol. The third-order valence-electron chi connectivity index (χ3n) is 8.76. The van der Waals surface area contributed by atoms with Gasteiger partial charge in [0.25, 0.3) is 0 Å². The van der Waals surface area contributed by atoms with Crippen LogP contribution in [0.2, 0.25) is 0 Å². The largest absolute Gasteiger partial charge is 0.459 e. The zero-order valence-electron chi connectivity index (χ0n) is 29.2. The lowest BCUT2D eigenvalue weighted by molar-refractivity contribution is -0.160. The molecule has 0 radical (unpaired) electrons. The average molecular weight is 765 g/mol. The van der Waals surface area contributed by atoms with Gasteiger partial charge in [0.2, 0.25) is 0 Å². The molecular formula is C45H64O10. The summed E-state index contributed by atoms with van der Waals surface area (Å²) < 4.78 is 26.7. The van der Waals surface area contributed by atoms with Crippen molar-refractivity contribution in [1.82, 2.24) is 0 Å². The highest BCUT2D eigenvalue weighted by molar-refractivity contribution is 5.90. The first-order valence-corrected chi connectivity index (χ1v) is 17.9. The summed E-state index contributed by atoms with van der Waals surface area (Å²) in [5.74, 6) is -2.06. The van der Waals surface area contributed by atoms with Gasteiger partial charge in [-0.3, -0.25) is 9.59 Å². The van der Waals surface area contributed by atoms with Crippen molar-refractivity contribution in [3.05, 3.63) is 108 Å². The number of hydrogen-bond acceptors (Lipinski definition) is 10. The van der Waals surface area contributed by atoms with Gasteiger partial charge in [-0.1, -0.05) is 123 Å². The summed E-state index contributed by atoms with van der Waals surface area (Å²) in [6, 6.07) is 25.9. The van der Waals surface area contributed by atoms with Crippen LogP contribution in [0.5, 0.6) is 0 Å². The fourth-order valence-electron chi connectivity index (χ4n) is 5.88. The lowest BCUT2D eigenvalue weighted by Crippen LogP contribution is -2.33. The number of carbonyl (C=O) groups excluding carboxylic acids is 5. The second-order valence-electron chi connectivity index (χ2n) is 12.9. The summed E-state index contributed by atoms with van der Waals surface area (Å²) in [6.45, 7) is 1.47. The molecule has 5 rings (SSSR count). The van der Waals surface area contributed by atoms with Crippen LogP contribution in [0.1, 0.15) is 132 Å². The maximum Gasteiger partial charge on any atom is 0.338 e. The smallest absolute Gasteiger partial charge is 0.338 e. The Kier molecular flexibility index (Phi) is 25.1. The Morgan fingerprint density at radius 1 is 0.473 bits per heavy atom. The van der Waals surface area contributed by atoms with E-state index in [0.29, 0.717) is 16.7 Å². The normalized spacial score (nSPS) is 14.2. The summed E-state index contributed by atoms with van der Waals surface area (Å²) in [6.07, 6.45) is 8.64. The molecule has 0 spiro atoms. The van der Waals surface area contributed by atoms with Gasteiger partial charge in [-0.05, 0) is 69.0 Å². The molecule has 0 bridgehead atoms. The summed E-state index contributed by atoms with van der Waals surface area (Å²) in [5.41, 5.74) is 1.30. The topological polar surface area (TPSA) is 132 Å². The highest BCUT2D eigenvalue weighted by atomic mass is 16.6. The van der Waals surface area contributed by atoms with E-state index in [4.69, 9.17) is 23.7 Å². The SMILES string of the molecule is C.C.C.C.CC(COC(=O)c1ccccc1)OC(=O)C1CCCCC1.O=C(OCC(COC(=O)c1ccccc1)OC(=O)C1CCCCC1)c1ccccc1. The van der Waals surface area contributed by atoms with Crippen molar-refractivity contribution in [3.8, 4) is 0 Å². The first-order chi connectivity index (χ1) is 24.8. The van der Waals surface area contributed by atoms with Crippen molar-refractivity contribution in [2.45, 2.75) is 113 Å². The van der Waals surface area contributed by atoms with Gasteiger partial charge >= 0.3 is 29.8 Å². The minimum Gasteiger partial charge on any atom is -0.459 e. The van der Waals surface area contributed by atoms with Crippen LogP contribution in [0.25, 0.3) is 0 Å². The van der Waals surface area contributed by atoms with E-state index in [0.717, 1.165) is 57.8 Å². The first-order valence-electron chi connectivity index (χ1n) is 17.9. The minimum atomic E-state index is -0.861. The number of esters is 5. The Morgan fingerprint density at radius 3 is 1.13 bits per heavy atom. The second kappa shape index (κ2) is 27.6. The van der Waals surface area contributed by atoms with Crippen molar-refractivity contribution in [3.63, 3.8) is 0 Å². The molecule has 0 N–H and O–H groups in total. The number of hydrogen-bond donors (Lipinski definition) is 0. The van der Waals surface area contributed by atoms with E-state index < -0.39 is 30.1 Å². The average Bonchev–Trinajstić information content (AvgIpc) is 3.19. The van der Waals surface area contributed by atoms with Gasteiger partial charge in [0.1, 0.15) is 25.9 Å². The van der Waals surface area contributed by atoms with Gasteiger partial charge in [0.15, 0.2) is 6.10 Å². The summed E-state index contributed by atoms with van der Waals surface area (Å²) in [4.78, 5) is 60.7. The Labute approximate surface area is 329 Å². The Morgan fingerprint density at radius 2 is 0.782 bits per heavy atom. The minimum absolute atomic E-state index is 0. The van der Waals surface area contributed by atoms with E-state index in [1.165, 1.54) is 6.42 Å². The molecule has 55 heavy (non-hydrogen) atoms. The second-order valence-corrected chi connectivity index (χ2v) is 12.9. The number of carbonyl (C=O) groups is 5. The molecule has 0 aliphatic heterocycles. The molecule has 1 unspecified atom stereocenters. The Balaban J connectivity index is 0.00000104. The van der Waals surface area contributed by atoms with E-state index in [1.54, 1.807) is 91.9 Å². The Hall–Kier alpha value is -4.99. The predicted octanol–water partition coefficient (Wildman–Crippen LogP) is 10.1. The van der Waals surface area contributed by atoms with Gasteiger partial charge in [-0.2, -0.15) is 0 Å². The van der Waals surface area contributed by atoms with E-state index in [2.05, 4.69) is 0 Å². The lowest BCUT2D eigenvalue weighted by Gasteiger charge is -2.24. The van der Waals surface area contributed by atoms with Crippen LogP contribution in [0.15, 0.2) is 91.0 Å². The molecule has 304 valence electrons. The van der Waals surface area contributed by atoms with Crippen LogP contribution < -0.4 is 0 Å². The van der Waals surface area contributed by atoms with Crippen LogP contribution in [0.4, 0.5) is 0 Å². The maximum absolute atomic E-state index is 12.5. The van der Waals surface area contributed by atoms with E-state index in [-0.39, 0.29) is 73.3 Å². The number of benzene rings is 3. The molecular weight excluding hydrogens is 700 g/mol. The van der Waals surface area contributed by atoms with E-state index >= 15 is 0 Å². The molecule has 10 heteroatoms. The van der Waals surface area contributed by atoms with Crippen LogP contribution >= 0.6 is 0 Å². The predicted molar refractivity (Wildman–Crippen MR) is 216 cm³/mol. The van der Waals surface area contributed by atoms with Gasteiger partial charge < -0.3 is 23.7 Å². The molecule has 2 aliphatic rings. The third kappa shape index (κ3) is 17.8. The molecule has 0 saturated heterocycles. The van der Waals surface area contributed by atoms with Crippen molar-refractivity contribution in [2.75, 3.05) is 19.8 Å². The highest BCUT2D eigenvalue weighted by Gasteiger charge is 2.27. The van der Waals surface area contributed by atoms with Crippen molar-refractivity contribution < 1.29 is 47.7 Å². The van der Waals surface area contributed by atoms with Gasteiger partial charge in [-0.25, -0.2) is 14.4 Å². The fourth-order valence-corrected chi connectivity index (χ4v) is 5.88. The van der Waals surface area contributed by atoms with Crippen LogP contribution in [-0.4, -0.2) is 61.9 Å². The molecule has 1 atom stereocenters. The molecule has 0 heterocycles. The summed E-state index contributed by atoms with van der Waals surface area (Å²) in [5, 5.41) is 0. The van der Waals surface area contributed by atoms with Crippen molar-refractivity contribution in [2.24, 2.45) is 11.8 Å². The van der Waals surface area contributed by atoms with E-state index in [9.17, 15) is 24.0 Å². The third-order valence-corrected chi connectivity index (χ3v) is 8.76. The van der Waals surface area contributed by atoms with Gasteiger partial charge in [0, 0.05) is 0 Å². The zero-order chi connectivity index (χ0) is 36.3. The molecule has 2 saturated carbocycles. The standard InChI is InChI=1S/C24H26O6.C17H22O4.4CH4/c25-22(18-10-4-1-5-11-18)28-16-21(30-24(27)20-14-8-3-9-15-20)17-29-23(26)19-12-6-2-7-13-19;1-13(21-17(19)15-10-6-3-7-11-15)12-20-16(18)14-8-4-2-5-9-14;;;;/h1-2,4-7,10-13,20-21H,3,8-9,14-17H2;2,4-5,8-9,13,15H,3,6-7,10-12H2,1H3;4*1H4.